The molecule has 0 aliphatic carbocycles. The third-order valence-electron chi connectivity index (χ3n) is 5.06. The molecule has 0 bridgehead atoms. The molecule has 2 aliphatic heterocycles. The van der Waals surface area contributed by atoms with E-state index in [9.17, 15) is 4.79 Å². The summed E-state index contributed by atoms with van der Waals surface area (Å²) in [6, 6.07) is 6.17. The number of nitrogens with zero attached hydrogens (tertiary/aromatic N) is 3. The molecule has 2 fully saturated rings. The molecule has 6 nitrogen and oxygen atoms in total. The second-order valence-electron chi connectivity index (χ2n) is 6.92. The lowest BCUT2D eigenvalue weighted by Gasteiger charge is -2.23. The molecule has 138 valence electrons. The molecule has 0 aromatic carbocycles. The second kappa shape index (κ2) is 8.14. The van der Waals surface area contributed by atoms with Crippen LogP contribution in [0.5, 0.6) is 0 Å². The van der Waals surface area contributed by atoms with Gasteiger partial charge in [-0.25, -0.2) is 9.97 Å². The number of hydrogen-bond acceptors (Lipinski definition) is 6. The monoisotopic (exact) mass is 372 g/mol. The Bertz CT molecular complexity index is 731. The number of carbonyl (C=O) groups is 1. The Hall–Kier alpha value is -1.99. The van der Waals surface area contributed by atoms with E-state index in [-0.39, 0.29) is 11.9 Å². The molecule has 2 aromatic rings. The zero-order valence-electron chi connectivity index (χ0n) is 14.8. The van der Waals surface area contributed by atoms with Crippen LogP contribution in [0.25, 0.3) is 0 Å². The van der Waals surface area contributed by atoms with Crippen LogP contribution in [0.3, 0.4) is 0 Å². The maximum absolute atomic E-state index is 12.2. The number of anilines is 1. The van der Waals surface area contributed by atoms with Gasteiger partial charge in [-0.3, -0.25) is 4.79 Å². The van der Waals surface area contributed by atoms with Crippen LogP contribution in [-0.4, -0.2) is 48.2 Å². The molecule has 7 heteroatoms. The molecular weight excluding hydrogens is 348 g/mol. The fourth-order valence-corrected chi connectivity index (χ4v) is 4.35. The fraction of sp³-hybridized carbons (Fsp3) is 0.526. The van der Waals surface area contributed by atoms with Crippen molar-refractivity contribution in [2.75, 3.05) is 31.2 Å². The molecule has 2 aromatic heterocycles. The first-order valence-electron chi connectivity index (χ1n) is 9.25. The summed E-state index contributed by atoms with van der Waals surface area (Å²) in [4.78, 5) is 24.7. The first-order valence-corrected chi connectivity index (χ1v) is 10.1. The number of carbonyl (C=O) groups excluding carboxylic acids is 1. The van der Waals surface area contributed by atoms with E-state index in [2.05, 4.69) is 15.2 Å². The van der Waals surface area contributed by atoms with Crippen molar-refractivity contribution in [2.45, 2.75) is 37.6 Å². The molecule has 0 radical (unpaired) electrons. The van der Waals surface area contributed by atoms with Crippen molar-refractivity contribution < 1.29 is 9.53 Å². The van der Waals surface area contributed by atoms with E-state index in [1.807, 2.05) is 29.8 Å². The lowest BCUT2D eigenvalue weighted by Crippen LogP contribution is -2.38. The highest BCUT2D eigenvalue weighted by Crippen LogP contribution is 2.26. The molecule has 26 heavy (non-hydrogen) atoms. The normalized spacial score (nSPS) is 21.1. The Morgan fingerprint density at radius 1 is 1.31 bits per heavy atom. The molecule has 4 heterocycles. The van der Waals surface area contributed by atoms with Gasteiger partial charge in [0.1, 0.15) is 0 Å². The molecular formula is C19H24N4O2S. The van der Waals surface area contributed by atoms with Crippen molar-refractivity contribution in [2.24, 2.45) is 0 Å². The van der Waals surface area contributed by atoms with Crippen LogP contribution in [0.1, 0.15) is 35.8 Å². The number of ether oxygens (including phenoxy) is 1. The van der Waals surface area contributed by atoms with Gasteiger partial charge in [-0.15, -0.1) is 11.3 Å². The maximum Gasteiger partial charge on any atom is 0.225 e. The van der Waals surface area contributed by atoms with Crippen LogP contribution >= 0.6 is 11.3 Å². The molecule has 0 spiro atoms. The summed E-state index contributed by atoms with van der Waals surface area (Å²) in [5.74, 6) is 1.34. The van der Waals surface area contributed by atoms with E-state index in [0.717, 1.165) is 62.1 Å². The van der Waals surface area contributed by atoms with Crippen LogP contribution < -0.4 is 10.2 Å². The Balaban J connectivity index is 1.34. The van der Waals surface area contributed by atoms with E-state index in [0.29, 0.717) is 12.3 Å². The van der Waals surface area contributed by atoms with E-state index in [1.54, 1.807) is 11.3 Å². The number of hydrogen-bond donors (Lipinski definition) is 1. The predicted molar refractivity (Wildman–Crippen MR) is 102 cm³/mol. The Labute approximate surface area is 157 Å². The van der Waals surface area contributed by atoms with Crippen molar-refractivity contribution in [3.63, 3.8) is 0 Å². The third kappa shape index (κ3) is 4.22. The smallest absolute Gasteiger partial charge is 0.225 e. The molecule has 1 atom stereocenters. The standard InChI is InChI=1S/C19H24N4O2S/c24-18(12-16-2-1-11-26-16)21-15-4-8-23(13-15)19-20-7-3-17(22-19)14-5-9-25-10-6-14/h1-3,7,11,14-15H,4-6,8-10,12-13H2,(H,21,24). The quantitative estimate of drug-likeness (QED) is 0.873. The zero-order chi connectivity index (χ0) is 17.8. The summed E-state index contributed by atoms with van der Waals surface area (Å²) < 4.78 is 5.45. The molecule has 1 amide bonds. The van der Waals surface area contributed by atoms with Gasteiger partial charge in [0.25, 0.3) is 0 Å². The number of amides is 1. The minimum Gasteiger partial charge on any atom is -0.381 e. The zero-order valence-corrected chi connectivity index (χ0v) is 15.6. The van der Waals surface area contributed by atoms with Gasteiger partial charge in [-0.05, 0) is 36.8 Å². The lowest BCUT2D eigenvalue weighted by atomic mass is 9.96. The lowest BCUT2D eigenvalue weighted by molar-refractivity contribution is -0.120. The van der Waals surface area contributed by atoms with Crippen LogP contribution in [0.15, 0.2) is 29.8 Å². The average Bonchev–Trinajstić information content (AvgIpc) is 3.35. The highest BCUT2D eigenvalue weighted by Gasteiger charge is 2.26. The largest absolute Gasteiger partial charge is 0.381 e. The maximum atomic E-state index is 12.2. The summed E-state index contributed by atoms with van der Waals surface area (Å²) in [5.41, 5.74) is 1.11. The van der Waals surface area contributed by atoms with E-state index < -0.39 is 0 Å². The first-order chi connectivity index (χ1) is 12.8. The van der Waals surface area contributed by atoms with Gasteiger partial charge in [0.05, 0.1) is 6.42 Å². The molecule has 2 aliphatic rings. The van der Waals surface area contributed by atoms with Gasteiger partial charge in [0.15, 0.2) is 0 Å². The number of thiophene rings is 1. The second-order valence-corrected chi connectivity index (χ2v) is 7.96. The molecule has 2 saturated heterocycles. The summed E-state index contributed by atoms with van der Waals surface area (Å²) in [5, 5.41) is 5.15. The average molecular weight is 372 g/mol. The van der Waals surface area contributed by atoms with Crippen molar-refractivity contribution in [1.29, 1.82) is 0 Å². The van der Waals surface area contributed by atoms with E-state index >= 15 is 0 Å². The third-order valence-corrected chi connectivity index (χ3v) is 5.93. The van der Waals surface area contributed by atoms with Crippen molar-refractivity contribution in [3.05, 3.63) is 40.3 Å². The number of nitrogens with one attached hydrogen (secondary N) is 1. The Morgan fingerprint density at radius 3 is 3.00 bits per heavy atom. The van der Waals surface area contributed by atoms with Gasteiger partial charge in [-0.2, -0.15) is 0 Å². The van der Waals surface area contributed by atoms with Crippen LogP contribution in [-0.2, 0) is 16.0 Å². The van der Waals surface area contributed by atoms with Gasteiger partial charge in [0.2, 0.25) is 11.9 Å². The Morgan fingerprint density at radius 2 is 2.19 bits per heavy atom. The van der Waals surface area contributed by atoms with Crippen LogP contribution in [0.2, 0.25) is 0 Å². The predicted octanol–water partition coefficient (Wildman–Crippen LogP) is 2.37. The van der Waals surface area contributed by atoms with Crippen molar-refractivity contribution in [3.8, 4) is 0 Å². The summed E-state index contributed by atoms with van der Waals surface area (Å²) in [7, 11) is 0. The summed E-state index contributed by atoms with van der Waals surface area (Å²) >= 11 is 1.62. The van der Waals surface area contributed by atoms with Gasteiger partial charge in [0, 0.05) is 55.0 Å². The van der Waals surface area contributed by atoms with Gasteiger partial charge < -0.3 is 15.0 Å². The fourth-order valence-electron chi connectivity index (χ4n) is 3.64. The van der Waals surface area contributed by atoms with Gasteiger partial charge in [-0.1, -0.05) is 6.07 Å². The van der Waals surface area contributed by atoms with Crippen molar-refractivity contribution >= 4 is 23.2 Å². The van der Waals surface area contributed by atoms with E-state index in [1.165, 1.54) is 0 Å². The highest BCUT2D eigenvalue weighted by atomic mass is 32.1. The number of rotatable bonds is 5. The highest BCUT2D eigenvalue weighted by molar-refractivity contribution is 7.10. The summed E-state index contributed by atoms with van der Waals surface area (Å²) in [6.45, 7) is 3.27. The van der Waals surface area contributed by atoms with Crippen molar-refractivity contribution in [1.82, 2.24) is 15.3 Å². The van der Waals surface area contributed by atoms with Crippen LogP contribution in [0.4, 0.5) is 5.95 Å². The minimum atomic E-state index is 0.0937. The molecule has 1 N–H and O–H groups in total. The molecule has 0 saturated carbocycles. The van der Waals surface area contributed by atoms with Crippen LogP contribution in [0, 0.1) is 0 Å². The SMILES string of the molecule is O=C(Cc1cccs1)NC1CCN(c2nccc(C3CCOCC3)n2)C1. The van der Waals surface area contributed by atoms with Gasteiger partial charge >= 0.3 is 0 Å². The summed E-state index contributed by atoms with van der Waals surface area (Å²) in [6.07, 6.45) is 5.30. The Kier molecular flexibility index (Phi) is 5.45. The first kappa shape index (κ1) is 17.4. The topological polar surface area (TPSA) is 67.4 Å². The molecule has 1 unspecified atom stereocenters. The van der Waals surface area contributed by atoms with E-state index in [4.69, 9.17) is 9.72 Å². The minimum absolute atomic E-state index is 0.0937. The number of aromatic nitrogens is 2. The molecule has 4 rings (SSSR count).